The number of carbonyl (C=O) groups excluding carboxylic acids is 1. The minimum atomic E-state index is -3.49. The molecule has 0 spiro atoms. The van der Waals surface area contributed by atoms with Crippen LogP contribution in [-0.2, 0) is 14.8 Å². The fourth-order valence-corrected chi connectivity index (χ4v) is 5.77. The zero-order chi connectivity index (χ0) is 22.7. The highest BCUT2D eigenvalue weighted by atomic mass is 32.2. The Kier molecular flexibility index (Phi) is 6.71. The van der Waals surface area contributed by atoms with Gasteiger partial charge in [0, 0.05) is 37.1 Å². The third-order valence-electron chi connectivity index (χ3n) is 5.63. The topological polar surface area (TPSA) is 82.6 Å². The van der Waals surface area contributed by atoms with E-state index in [1.54, 1.807) is 30.3 Å². The van der Waals surface area contributed by atoms with Crippen LogP contribution in [0.5, 0.6) is 0 Å². The molecule has 4 rings (SSSR count). The number of anilines is 1. The van der Waals surface area contributed by atoms with Gasteiger partial charge in [-0.05, 0) is 43.2 Å². The van der Waals surface area contributed by atoms with E-state index in [2.05, 4.69) is 36.3 Å². The van der Waals surface area contributed by atoms with Crippen LogP contribution in [0, 0.1) is 13.8 Å². The summed E-state index contributed by atoms with van der Waals surface area (Å²) in [6, 6.07) is 14.6. The van der Waals surface area contributed by atoms with Gasteiger partial charge in [-0.1, -0.05) is 30.3 Å². The van der Waals surface area contributed by atoms with E-state index in [0.717, 1.165) is 11.3 Å². The van der Waals surface area contributed by atoms with Crippen molar-refractivity contribution >= 4 is 32.4 Å². The molecule has 1 aromatic heterocycles. The summed E-state index contributed by atoms with van der Waals surface area (Å²) in [6.45, 7) is 6.08. The highest BCUT2D eigenvalue weighted by Crippen LogP contribution is 2.26. The van der Waals surface area contributed by atoms with Crippen molar-refractivity contribution in [2.24, 2.45) is 0 Å². The quantitative estimate of drug-likeness (QED) is 0.597. The van der Waals surface area contributed by atoms with E-state index in [9.17, 15) is 13.2 Å². The number of nitrogens with zero attached hydrogens (tertiary/aromatic N) is 3. The SMILES string of the molecule is Cc1ccc(-c2csc(NC(=O)CN3CCN(S(=O)(=O)c4ccccc4)CC3)n2)cc1C. The van der Waals surface area contributed by atoms with Gasteiger partial charge in [-0.3, -0.25) is 9.69 Å². The Balaban J connectivity index is 1.30. The lowest BCUT2D eigenvalue weighted by Gasteiger charge is -2.33. The second-order valence-corrected chi connectivity index (χ2v) is 10.7. The van der Waals surface area contributed by atoms with Crippen molar-refractivity contribution in [2.45, 2.75) is 18.7 Å². The maximum atomic E-state index is 12.7. The minimum Gasteiger partial charge on any atom is -0.301 e. The first-order valence-corrected chi connectivity index (χ1v) is 12.8. The number of rotatable bonds is 6. The molecule has 7 nitrogen and oxygen atoms in total. The van der Waals surface area contributed by atoms with E-state index in [0.29, 0.717) is 36.2 Å². The van der Waals surface area contributed by atoms with Gasteiger partial charge < -0.3 is 5.32 Å². The van der Waals surface area contributed by atoms with Gasteiger partial charge in [0.25, 0.3) is 0 Å². The van der Waals surface area contributed by atoms with Gasteiger partial charge in [0.2, 0.25) is 15.9 Å². The predicted octanol–water partition coefficient (Wildman–Crippen LogP) is 3.37. The molecule has 0 bridgehead atoms. The van der Waals surface area contributed by atoms with E-state index in [4.69, 9.17) is 0 Å². The van der Waals surface area contributed by atoms with Crippen LogP contribution < -0.4 is 5.32 Å². The van der Waals surface area contributed by atoms with Gasteiger partial charge in [0.05, 0.1) is 17.1 Å². The number of piperazine rings is 1. The molecule has 1 aliphatic rings. The fraction of sp³-hybridized carbons (Fsp3) is 0.304. The lowest BCUT2D eigenvalue weighted by molar-refractivity contribution is -0.117. The Bertz CT molecular complexity index is 1200. The number of benzene rings is 2. The summed E-state index contributed by atoms with van der Waals surface area (Å²) >= 11 is 1.40. The second kappa shape index (κ2) is 9.50. The first kappa shape index (κ1) is 22.6. The van der Waals surface area contributed by atoms with Crippen molar-refractivity contribution in [2.75, 3.05) is 38.0 Å². The maximum Gasteiger partial charge on any atom is 0.243 e. The highest BCUT2D eigenvalue weighted by molar-refractivity contribution is 7.89. The molecule has 0 aliphatic carbocycles. The molecule has 32 heavy (non-hydrogen) atoms. The van der Waals surface area contributed by atoms with Crippen molar-refractivity contribution in [1.82, 2.24) is 14.2 Å². The lowest BCUT2D eigenvalue weighted by Crippen LogP contribution is -2.50. The van der Waals surface area contributed by atoms with Gasteiger partial charge in [-0.2, -0.15) is 4.31 Å². The number of aryl methyl sites for hydroxylation is 2. The summed E-state index contributed by atoms with van der Waals surface area (Å²) < 4.78 is 27.0. The van der Waals surface area contributed by atoms with E-state index in [1.165, 1.54) is 26.8 Å². The molecule has 3 aromatic rings. The normalized spacial score (nSPS) is 15.6. The number of amides is 1. The minimum absolute atomic E-state index is 0.148. The molecule has 2 aromatic carbocycles. The molecule has 1 N–H and O–H groups in total. The van der Waals surface area contributed by atoms with E-state index in [1.807, 2.05) is 16.3 Å². The van der Waals surface area contributed by atoms with Gasteiger partial charge in [0.1, 0.15) is 0 Å². The number of thiazole rings is 1. The van der Waals surface area contributed by atoms with Crippen molar-refractivity contribution in [3.05, 3.63) is 65.0 Å². The molecule has 0 atom stereocenters. The smallest absolute Gasteiger partial charge is 0.243 e. The van der Waals surface area contributed by atoms with E-state index < -0.39 is 10.0 Å². The molecule has 0 radical (unpaired) electrons. The summed E-state index contributed by atoms with van der Waals surface area (Å²) in [5.41, 5.74) is 4.30. The largest absolute Gasteiger partial charge is 0.301 e. The van der Waals surface area contributed by atoms with Gasteiger partial charge in [-0.15, -0.1) is 11.3 Å². The van der Waals surface area contributed by atoms with Crippen LogP contribution in [0.2, 0.25) is 0 Å². The number of carbonyl (C=O) groups is 1. The Morgan fingerprint density at radius 3 is 2.44 bits per heavy atom. The average molecular weight is 471 g/mol. The zero-order valence-electron chi connectivity index (χ0n) is 18.1. The number of aromatic nitrogens is 1. The van der Waals surface area contributed by atoms with Gasteiger partial charge in [-0.25, -0.2) is 13.4 Å². The summed E-state index contributed by atoms with van der Waals surface area (Å²) in [5, 5.41) is 5.37. The maximum absolute atomic E-state index is 12.7. The zero-order valence-corrected chi connectivity index (χ0v) is 19.7. The van der Waals surface area contributed by atoms with E-state index in [-0.39, 0.29) is 12.5 Å². The first-order valence-electron chi connectivity index (χ1n) is 10.4. The third kappa shape index (κ3) is 5.07. The van der Waals surface area contributed by atoms with Crippen molar-refractivity contribution < 1.29 is 13.2 Å². The standard InChI is InChI=1S/C23H26N4O3S2/c1-17-8-9-19(14-18(17)2)21-16-31-23(24-21)25-22(28)15-26-10-12-27(13-11-26)32(29,30)20-6-4-3-5-7-20/h3-9,14,16H,10-13,15H2,1-2H3,(H,24,25,28). The fourth-order valence-electron chi connectivity index (χ4n) is 3.60. The van der Waals surface area contributed by atoms with Crippen molar-refractivity contribution in [3.8, 4) is 11.3 Å². The van der Waals surface area contributed by atoms with Crippen LogP contribution in [0.3, 0.4) is 0 Å². The molecular formula is C23H26N4O3S2. The van der Waals surface area contributed by atoms with Gasteiger partial charge >= 0.3 is 0 Å². The highest BCUT2D eigenvalue weighted by Gasteiger charge is 2.29. The molecule has 0 saturated carbocycles. The molecule has 1 saturated heterocycles. The van der Waals surface area contributed by atoms with E-state index >= 15 is 0 Å². The first-order chi connectivity index (χ1) is 15.3. The number of nitrogens with one attached hydrogen (secondary N) is 1. The number of hydrogen-bond donors (Lipinski definition) is 1. The summed E-state index contributed by atoms with van der Waals surface area (Å²) in [4.78, 5) is 19.3. The van der Waals surface area contributed by atoms with Crippen molar-refractivity contribution in [3.63, 3.8) is 0 Å². The Morgan fingerprint density at radius 2 is 1.75 bits per heavy atom. The van der Waals surface area contributed by atoms with Crippen LogP contribution >= 0.6 is 11.3 Å². The van der Waals surface area contributed by atoms with Gasteiger partial charge in [0.15, 0.2) is 5.13 Å². The molecule has 1 fully saturated rings. The number of hydrogen-bond acceptors (Lipinski definition) is 6. The summed E-state index contributed by atoms with van der Waals surface area (Å²) in [6.07, 6.45) is 0. The Morgan fingerprint density at radius 1 is 1.03 bits per heavy atom. The van der Waals surface area contributed by atoms with Crippen LogP contribution in [0.15, 0.2) is 58.8 Å². The van der Waals surface area contributed by atoms with Crippen LogP contribution in [0.4, 0.5) is 5.13 Å². The monoisotopic (exact) mass is 470 g/mol. The second-order valence-electron chi connectivity index (χ2n) is 7.88. The molecule has 1 amide bonds. The molecule has 2 heterocycles. The molecule has 0 unspecified atom stereocenters. The van der Waals surface area contributed by atoms with Crippen LogP contribution in [0.25, 0.3) is 11.3 Å². The number of sulfonamides is 1. The molecule has 168 valence electrons. The van der Waals surface area contributed by atoms with Crippen molar-refractivity contribution in [1.29, 1.82) is 0 Å². The average Bonchev–Trinajstić information content (AvgIpc) is 3.25. The summed E-state index contributed by atoms with van der Waals surface area (Å²) in [7, 11) is -3.49. The molecule has 1 aliphatic heterocycles. The van der Waals surface area contributed by atoms with Crippen LogP contribution in [0.1, 0.15) is 11.1 Å². The Hall–Kier alpha value is -2.59. The molecule has 9 heteroatoms. The predicted molar refractivity (Wildman–Crippen MR) is 127 cm³/mol. The molecular weight excluding hydrogens is 444 g/mol. The lowest BCUT2D eigenvalue weighted by atomic mass is 10.1. The van der Waals surface area contributed by atoms with Crippen LogP contribution in [-0.4, -0.2) is 61.2 Å². The third-order valence-corrected chi connectivity index (χ3v) is 8.30. The summed E-state index contributed by atoms with van der Waals surface area (Å²) in [5.74, 6) is -0.148. The Labute approximate surface area is 192 Å².